The zero-order chi connectivity index (χ0) is 43.0. The molecule has 1 amide bonds. The van der Waals surface area contributed by atoms with Gasteiger partial charge in [-0.2, -0.15) is 0 Å². The van der Waals surface area contributed by atoms with Gasteiger partial charge in [-0.25, -0.2) is 0 Å². The van der Waals surface area contributed by atoms with Gasteiger partial charge in [0.05, 0.1) is 25.4 Å². The fourth-order valence-electron chi connectivity index (χ4n) is 7.68. The van der Waals surface area contributed by atoms with E-state index < -0.39 is 12.1 Å². The molecule has 0 rings (SSSR count). The molecular formula is C53H99NO5. The lowest BCUT2D eigenvalue weighted by Gasteiger charge is -2.22. The maximum atomic E-state index is 12.4. The summed E-state index contributed by atoms with van der Waals surface area (Å²) >= 11 is 0. The summed E-state index contributed by atoms with van der Waals surface area (Å²) in [7, 11) is 0. The molecule has 346 valence electrons. The molecule has 59 heavy (non-hydrogen) atoms. The van der Waals surface area contributed by atoms with E-state index in [0.717, 1.165) is 77.0 Å². The molecule has 3 N–H and O–H groups in total. The molecule has 0 aromatic heterocycles. The highest BCUT2D eigenvalue weighted by molar-refractivity contribution is 5.76. The maximum absolute atomic E-state index is 12.4. The first-order valence-corrected chi connectivity index (χ1v) is 25.8. The van der Waals surface area contributed by atoms with Crippen molar-refractivity contribution in [2.24, 2.45) is 0 Å². The average molecular weight is 830 g/mol. The molecule has 0 fully saturated rings. The van der Waals surface area contributed by atoms with Crippen LogP contribution in [0.3, 0.4) is 0 Å². The topological polar surface area (TPSA) is 95.9 Å². The van der Waals surface area contributed by atoms with Crippen molar-refractivity contribution in [2.45, 2.75) is 276 Å². The highest BCUT2D eigenvalue weighted by Crippen LogP contribution is 2.15. The fraction of sp³-hybridized carbons (Fsp3) is 0.849. The molecule has 0 aliphatic heterocycles. The summed E-state index contributed by atoms with van der Waals surface area (Å²) in [6, 6.07) is -0.556. The minimum absolute atomic E-state index is 0.0254. The molecule has 6 heteroatoms. The number of esters is 1. The van der Waals surface area contributed by atoms with Crippen LogP contribution in [0.4, 0.5) is 0 Å². The van der Waals surface area contributed by atoms with Crippen molar-refractivity contribution in [1.82, 2.24) is 5.32 Å². The molecule has 0 spiro atoms. The second-order valence-corrected chi connectivity index (χ2v) is 17.5. The van der Waals surface area contributed by atoms with Crippen LogP contribution in [0.1, 0.15) is 264 Å². The number of allylic oxidation sites excluding steroid dienone is 6. The summed E-state index contributed by atoms with van der Waals surface area (Å²) in [6.45, 7) is 4.86. The Labute approximate surface area is 366 Å². The minimum Gasteiger partial charge on any atom is -0.466 e. The van der Waals surface area contributed by atoms with Crippen molar-refractivity contribution in [1.29, 1.82) is 0 Å². The molecule has 0 aliphatic carbocycles. The van der Waals surface area contributed by atoms with Crippen LogP contribution in [0, 0.1) is 0 Å². The lowest BCUT2D eigenvalue weighted by molar-refractivity contribution is -0.143. The Morgan fingerprint density at radius 3 is 1.31 bits per heavy atom. The van der Waals surface area contributed by atoms with Gasteiger partial charge in [0.2, 0.25) is 5.91 Å². The number of aliphatic hydroxyl groups excluding tert-OH is 2. The Balaban J connectivity index is 3.49. The van der Waals surface area contributed by atoms with Crippen LogP contribution < -0.4 is 5.32 Å². The number of carbonyl (C=O) groups is 2. The van der Waals surface area contributed by atoms with Crippen LogP contribution in [0.2, 0.25) is 0 Å². The van der Waals surface area contributed by atoms with Crippen LogP contribution in [0.25, 0.3) is 0 Å². The first-order chi connectivity index (χ1) is 29.0. The highest BCUT2D eigenvalue weighted by Gasteiger charge is 2.20. The number of unbranched alkanes of at least 4 members (excludes halogenated alkanes) is 31. The number of carbonyl (C=O) groups excluding carboxylic acids is 2. The summed E-state index contributed by atoms with van der Waals surface area (Å²) in [5, 5.41) is 23.0. The van der Waals surface area contributed by atoms with Crippen molar-refractivity contribution in [3.05, 3.63) is 36.5 Å². The van der Waals surface area contributed by atoms with Crippen molar-refractivity contribution < 1.29 is 24.5 Å². The van der Waals surface area contributed by atoms with Crippen LogP contribution in [0.5, 0.6) is 0 Å². The van der Waals surface area contributed by atoms with E-state index in [1.807, 2.05) is 0 Å². The van der Waals surface area contributed by atoms with Crippen LogP contribution >= 0.6 is 0 Å². The quantitative estimate of drug-likeness (QED) is 0.0246. The largest absolute Gasteiger partial charge is 0.466 e. The van der Waals surface area contributed by atoms with E-state index in [0.29, 0.717) is 25.9 Å². The molecule has 0 heterocycles. The van der Waals surface area contributed by atoms with Crippen molar-refractivity contribution in [3.63, 3.8) is 0 Å². The molecule has 6 nitrogen and oxygen atoms in total. The third-order valence-corrected chi connectivity index (χ3v) is 11.7. The van der Waals surface area contributed by atoms with E-state index in [2.05, 4.69) is 55.6 Å². The summed E-state index contributed by atoms with van der Waals surface area (Å²) in [5.74, 6) is -0.0865. The Morgan fingerprint density at radius 2 is 0.847 bits per heavy atom. The molecule has 0 aromatic carbocycles. The maximum Gasteiger partial charge on any atom is 0.305 e. The second kappa shape index (κ2) is 48.7. The van der Waals surface area contributed by atoms with Gasteiger partial charge in [0, 0.05) is 12.8 Å². The van der Waals surface area contributed by atoms with Gasteiger partial charge in [-0.1, -0.05) is 204 Å². The summed E-state index contributed by atoms with van der Waals surface area (Å²) in [6.07, 6.45) is 58.4. The smallest absolute Gasteiger partial charge is 0.305 e. The molecule has 0 aliphatic rings. The van der Waals surface area contributed by atoms with E-state index in [1.165, 1.54) is 154 Å². The SMILES string of the molecule is CCCCCCCCC/C=C\CCCCCCCCCC(=O)OCCCCC/C=C\C=C/CCCCCCCCC(=O)NC(CO)C(O)CCCCCCCCCCC. The van der Waals surface area contributed by atoms with E-state index in [9.17, 15) is 19.8 Å². The Hall–Kier alpha value is -1.92. The number of nitrogens with one attached hydrogen (secondary N) is 1. The minimum atomic E-state index is -0.676. The van der Waals surface area contributed by atoms with Gasteiger partial charge in [0.1, 0.15) is 0 Å². The molecule has 2 unspecified atom stereocenters. The third kappa shape index (κ3) is 45.4. The predicted molar refractivity (Wildman–Crippen MR) is 255 cm³/mol. The van der Waals surface area contributed by atoms with Gasteiger partial charge < -0.3 is 20.3 Å². The molecular weight excluding hydrogens is 731 g/mol. The van der Waals surface area contributed by atoms with Crippen LogP contribution in [-0.4, -0.2) is 47.4 Å². The fourth-order valence-corrected chi connectivity index (χ4v) is 7.68. The van der Waals surface area contributed by atoms with E-state index in [1.54, 1.807) is 0 Å². The summed E-state index contributed by atoms with van der Waals surface area (Å²) in [5.41, 5.74) is 0. The van der Waals surface area contributed by atoms with E-state index in [-0.39, 0.29) is 18.5 Å². The van der Waals surface area contributed by atoms with Gasteiger partial charge in [-0.05, 0) is 83.5 Å². The van der Waals surface area contributed by atoms with Crippen molar-refractivity contribution in [2.75, 3.05) is 13.2 Å². The van der Waals surface area contributed by atoms with Crippen molar-refractivity contribution in [3.8, 4) is 0 Å². The van der Waals surface area contributed by atoms with Gasteiger partial charge in [0.15, 0.2) is 0 Å². The number of amides is 1. The summed E-state index contributed by atoms with van der Waals surface area (Å²) in [4.78, 5) is 24.4. The third-order valence-electron chi connectivity index (χ3n) is 11.7. The first kappa shape index (κ1) is 57.1. The standard InChI is InChI=1S/C53H99NO5/c1-3-5-7-9-11-13-14-15-16-17-18-21-24-27-31-35-39-43-47-53(58)59-48-44-40-36-32-28-25-22-19-20-23-26-30-34-38-42-46-52(57)54-50(49-55)51(56)45-41-37-33-29-12-10-8-6-4-2/h16-17,19,22,25,28,50-51,55-56H,3-15,18,20-21,23-24,26-27,29-49H2,1-2H3,(H,54,57)/b17-16-,22-19-,28-25-. The normalized spacial score (nSPS) is 12.9. The molecule has 0 bridgehead atoms. The molecule has 0 saturated carbocycles. The number of rotatable bonds is 47. The number of hydrogen-bond donors (Lipinski definition) is 3. The molecule has 0 saturated heterocycles. The Bertz CT molecular complexity index is 962. The number of hydrogen-bond acceptors (Lipinski definition) is 5. The zero-order valence-electron chi connectivity index (χ0n) is 39.2. The van der Waals surface area contributed by atoms with Gasteiger partial charge >= 0.3 is 5.97 Å². The lowest BCUT2D eigenvalue weighted by atomic mass is 10.0. The van der Waals surface area contributed by atoms with Gasteiger partial charge in [-0.15, -0.1) is 0 Å². The lowest BCUT2D eigenvalue weighted by Crippen LogP contribution is -2.45. The van der Waals surface area contributed by atoms with Crippen molar-refractivity contribution >= 4 is 11.9 Å². The Kier molecular flexibility index (Phi) is 47.2. The zero-order valence-corrected chi connectivity index (χ0v) is 39.2. The van der Waals surface area contributed by atoms with E-state index >= 15 is 0 Å². The average Bonchev–Trinajstić information content (AvgIpc) is 3.24. The van der Waals surface area contributed by atoms with Gasteiger partial charge in [-0.3, -0.25) is 9.59 Å². The number of ether oxygens (including phenoxy) is 1. The molecule has 0 radical (unpaired) electrons. The molecule has 2 atom stereocenters. The van der Waals surface area contributed by atoms with E-state index in [4.69, 9.17) is 4.74 Å². The second-order valence-electron chi connectivity index (χ2n) is 17.5. The highest BCUT2D eigenvalue weighted by atomic mass is 16.5. The summed E-state index contributed by atoms with van der Waals surface area (Å²) < 4.78 is 5.45. The predicted octanol–water partition coefficient (Wildman–Crippen LogP) is 15.3. The van der Waals surface area contributed by atoms with Crippen LogP contribution in [0.15, 0.2) is 36.5 Å². The Morgan fingerprint density at radius 1 is 0.475 bits per heavy atom. The number of aliphatic hydroxyl groups is 2. The first-order valence-electron chi connectivity index (χ1n) is 25.8. The van der Waals surface area contributed by atoms with Crippen LogP contribution in [-0.2, 0) is 14.3 Å². The molecule has 0 aromatic rings. The monoisotopic (exact) mass is 830 g/mol. The van der Waals surface area contributed by atoms with Gasteiger partial charge in [0.25, 0.3) is 0 Å².